The second-order valence-electron chi connectivity index (χ2n) is 4.34. The van der Waals surface area contributed by atoms with Crippen LogP contribution in [-0.2, 0) is 0 Å². The fourth-order valence-electron chi connectivity index (χ4n) is 2.12. The van der Waals surface area contributed by atoms with Crippen molar-refractivity contribution in [3.05, 3.63) is 66.3 Å². The van der Waals surface area contributed by atoms with Crippen molar-refractivity contribution < 1.29 is 5.11 Å². The van der Waals surface area contributed by atoms with Gasteiger partial charge in [0, 0.05) is 12.0 Å². The van der Waals surface area contributed by atoms with Crippen LogP contribution in [0.5, 0.6) is 5.75 Å². The molecule has 0 aromatic heterocycles. The van der Waals surface area contributed by atoms with Gasteiger partial charge in [0.2, 0.25) is 0 Å². The minimum atomic E-state index is 0.0308. The van der Waals surface area contributed by atoms with Crippen LogP contribution in [0.3, 0.4) is 0 Å². The van der Waals surface area contributed by atoms with E-state index in [-0.39, 0.29) is 6.04 Å². The molecule has 1 aliphatic heterocycles. The second-order valence-corrected chi connectivity index (χ2v) is 4.34. The van der Waals surface area contributed by atoms with Gasteiger partial charge in [0.1, 0.15) is 5.75 Å². The molecular formula is C16H18N2O. The smallest absolute Gasteiger partial charge is 0.120 e. The molecule has 3 heteroatoms. The molecule has 1 aromatic rings. The normalized spacial score (nSPS) is 19.3. The lowest BCUT2D eigenvalue weighted by molar-refractivity contribution is 0.455. The number of hydrogen-bond acceptors (Lipinski definition) is 3. The van der Waals surface area contributed by atoms with E-state index in [0.717, 1.165) is 23.3 Å². The zero-order valence-corrected chi connectivity index (χ0v) is 11.0. The molecule has 0 fully saturated rings. The Morgan fingerprint density at radius 2 is 2.26 bits per heavy atom. The molecule has 0 saturated heterocycles. The van der Waals surface area contributed by atoms with Crippen molar-refractivity contribution >= 4 is 5.71 Å². The number of benzene rings is 1. The van der Waals surface area contributed by atoms with E-state index in [1.54, 1.807) is 12.1 Å². The lowest BCUT2D eigenvalue weighted by Crippen LogP contribution is -2.10. The molecule has 1 unspecified atom stereocenters. The molecule has 98 valence electrons. The Hall–Kier alpha value is -2.29. The van der Waals surface area contributed by atoms with Gasteiger partial charge in [-0.05, 0) is 18.6 Å². The molecule has 19 heavy (non-hydrogen) atoms. The minimum absolute atomic E-state index is 0.0308. The lowest BCUT2D eigenvalue weighted by atomic mass is 9.98. The van der Waals surface area contributed by atoms with E-state index < -0.39 is 0 Å². The van der Waals surface area contributed by atoms with Gasteiger partial charge in [-0.2, -0.15) is 5.10 Å². The van der Waals surface area contributed by atoms with Crippen LogP contribution in [0.1, 0.15) is 24.9 Å². The Balaban J connectivity index is 2.13. The first-order valence-electron chi connectivity index (χ1n) is 6.32. The maximum atomic E-state index is 9.86. The van der Waals surface area contributed by atoms with Crippen LogP contribution in [0.15, 0.2) is 65.8 Å². The highest BCUT2D eigenvalue weighted by molar-refractivity contribution is 6.03. The average molecular weight is 254 g/mol. The van der Waals surface area contributed by atoms with Crippen molar-refractivity contribution in [3.63, 3.8) is 0 Å². The monoisotopic (exact) mass is 254 g/mol. The first-order valence-corrected chi connectivity index (χ1v) is 6.32. The molecule has 1 aliphatic rings. The molecule has 0 bridgehead atoms. The fourth-order valence-corrected chi connectivity index (χ4v) is 2.12. The van der Waals surface area contributed by atoms with Gasteiger partial charge in [0.15, 0.2) is 0 Å². The Kier molecular flexibility index (Phi) is 4.18. The first-order chi connectivity index (χ1) is 9.26. The molecule has 1 atom stereocenters. The van der Waals surface area contributed by atoms with Crippen molar-refractivity contribution in [2.75, 3.05) is 0 Å². The number of hydrogen-bond donors (Lipinski definition) is 2. The number of nitrogens with one attached hydrogen (secondary N) is 1. The van der Waals surface area contributed by atoms with Gasteiger partial charge in [0.25, 0.3) is 0 Å². The number of rotatable bonds is 4. The molecule has 0 saturated carbocycles. The molecule has 0 amide bonds. The van der Waals surface area contributed by atoms with Crippen LogP contribution in [0, 0.1) is 0 Å². The van der Waals surface area contributed by atoms with E-state index in [1.807, 2.05) is 43.4 Å². The van der Waals surface area contributed by atoms with Gasteiger partial charge in [0.05, 0.1) is 11.8 Å². The zero-order chi connectivity index (χ0) is 13.7. The van der Waals surface area contributed by atoms with Crippen LogP contribution in [0.4, 0.5) is 0 Å². The number of allylic oxidation sites excluding steroid dienone is 5. The SMILES string of the molecule is C=C/C=C\C(=C/C)C1=NNC(c2ccccc2O)C1. The predicted molar refractivity (Wildman–Crippen MR) is 79.1 cm³/mol. The molecule has 3 nitrogen and oxygen atoms in total. The number of phenolic OH excluding ortho intramolecular Hbond substituents is 1. The number of hydrazone groups is 1. The standard InChI is InChI=1S/C16H18N2O/c1-3-5-8-12(4-2)14-11-15(18-17-14)13-9-6-7-10-16(13)19/h3-10,15,18-19H,1,11H2,2H3/b8-5-,12-4+. The summed E-state index contributed by atoms with van der Waals surface area (Å²) in [5.74, 6) is 0.306. The molecule has 2 rings (SSSR count). The largest absolute Gasteiger partial charge is 0.508 e. The second kappa shape index (κ2) is 6.05. The van der Waals surface area contributed by atoms with E-state index in [0.29, 0.717) is 5.75 Å². The van der Waals surface area contributed by atoms with Gasteiger partial charge in [-0.3, -0.25) is 0 Å². The van der Waals surface area contributed by atoms with Crippen LogP contribution in [0.25, 0.3) is 0 Å². The third-order valence-electron chi connectivity index (χ3n) is 3.12. The van der Waals surface area contributed by atoms with E-state index in [9.17, 15) is 5.11 Å². The van der Waals surface area contributed by atoms with Crippen LogP contribution >= 0.6 is 0 Å². The fraction of sp³-hybridized carbons (Fsp3) is 0.188. The van der Waals surface area contributed by atoms with E-state index in [1.165, 1.54) is 0 Å². The molecule has 0 radical (unpaired) electrons. The summed E-state index contributed by atoms with van der Waals surface area (Å²) in [6.45, 7) is 5.65. The molecule has 0 aliphatic carbocycles. The van der Waals surface area contributed by atoms with Gasteiger partial charge < -0.3 is 10.5 Å². The van der Waals surface area contributed by atoms with Crippen molar-refractivity contribution in [2.45, 2.75) is 19.4 Å². The highest BCUT2D eigenvalue weighted by Crippen LogP contribution is 2.30. The van der Waals surface area contributed by atoms with Gasteiger partial charge >= 0.3 is 0 Å². The summed E-state index contributed by atoms with van der Waals surface area (Å²) in [5, 5.41) is 14.2. The van der Waals surface area contributed by atoms with Crippen LogP contribution < -0.4 is 5.43 Å². The van der Waals surface area contributed by atoms with E-state index in [4.69, 9.17) is 0 Å². The highest BCUT2D eigenvalue weighted by atomic mass is 16.3. The maximum absolute atomic E-state index is 9.86. The van der Waals surface area contributed by atoms with Crippen LogP contribution in [0.2, 0.25) is 0 Å². The average Bonchev–Trinajstić information content (AvgIpc) is 2.90. The minimum Gasteiger partial charge on any atom is -0.508 e. The summed E-state index contributed by atoms with van der Waals surface area (Å²) < 4.78 is 0. The first kappa shape index (κ1) is 13.1. The third-order valence-corrected chi connectivity index (χ3v) is 3.12. The van der Waals surface area contributed by atoms with Crippen molar-refractivity contribution in [1.82, 2.24) is 5.43 Å². The summed E-state index contributed by atoms with van der Waals surface area (Å²) in [6, 6.07) is 7.38. The number of nitrogens with zero attached hydrogens (tertiary/aromatic N) is 1. The number of aromatic hydroxyl groups is 1. The van der Waals surface area contributed by atoms with Gasteiger partial charge in [-0.15, -0.1) is 0 Å². The van der Waals surface area contributed by atoms with E-state index >= 15 is 0 Å². The molecule has 1 aromatic carbocycles. The van der Waals surface area contributed by atoms with Crippen molar-refractivity contribution in [1.29, 1.82) is 0 Å². The van der Waals surface area contributed by atoms with Crippen LogP contribution in [-0.4, -0.2) is 10.8 Å². The maximum Gasteiger partial charge on any atom is 0.120 e. The molecular weight excluding hydrogens is 236 g/mol. The highest BCUT2D eigenvalue weighted by Gasteiger charge is 2.23. The third kappa shape index (κ3) is 2.94. The molecule has 1 heterocycles. The number of para-hydroxylation sites is 1. The Bertz CT molecular complexity index is 556. The number of phenols is 1. The summed E-state index contributed by atoms with van der Waals surface area (Å²) >= 11 is 0. The van der Waals surface area contributed by atoms with Crippen molar-refractivity contribution in [3.8, 4) is 5.75 Å². The molecule has 0 spiro atoms. The Morgan fingerprint density at radius 1 is 1.47 bits per heavy atom. The predicted octanol–water partition coefficient (Wildman–Crippen LogP) is 3.47. The lowest BCUT2D eigenvalue weighted by Gasteiger charge is -2.11. The van der Waals surface area contributed by atoms with E-state index in [2.05, 4.69) is 17.1 Å². The Labute approximate surface area is 113 Å². The zero-order valence-electron chi connectivity index (χ0n) is 11.0. The van der Waals surface area contributed by atoms with Crippen molar-refractivity contribution in [2.24, 2.45) is 5.10 Å². The Morgan fingerprint density at radius 3 is 2.95 bits per heavy atom. The summed E-state index contributed by atoms with van der Waals surface area (Å²) in [7, 11) is 0. The molecule has 2 N–H and O–H groups in total. The van der Waals surface area contributed by atoms with Gasteiger partial charge in [-0.1, -0.05) is 49.1 Å². The summed E-state index contributed by atoms with van der Waals surface area (Å²) in [6.07, 6.45) is 8.41. The summed E-state index contributed by atoms with van der Waals surface area (Å²) in [4.78, 5) is 0. The topological polar surface area (TPSA) is 44.6 Å². The van der Waals surface area contributed by atoms with Gasteiger partial charge in [-0.25, -0.2) is 0 Å². The summed E-state index contributed by atoms with van der Waals surface area (Å²) in [5.41, 5.74) is 6.03. The quantitative estimate of drug-likeness (QED) is 0.808.